The summed E-state index contributed by atoms with van der Waals surface area (Å²) in [5.41, 5.74) is 6.24. The van der Waals surface area contributed by atoms with E-state index in [1.54, 1.807) is 19.2 Å². The third-order valence-electron chi connectivity index (χ3n) is 2.80. The minimum atomic E-state index is -2.53. The van der Waals surface area contributed by atoms with E-state index in [9.17, 15) is 8.78 Å². The highest BCUT2D eigenvalue weighted by molar-refractivity contribution is 5.58. The van der Waals surface area contributed by atoms with Crippen molar-refractivity contribution in [1.29, 1.82) is 0 Å². The minimum Gasteiger partial charge on any atom is -0.399 e. The molecule has 0 fully saturated rings. The second-order valence-electron chi connectivity index (χ2n) is 4.37. The Morgan fingerprint density at radius 1 is 1.37 bits per heavy atom. The molecule has 1 aromatic rings. The normalized spacial score (nSPS) is 11.3. The molecule has 108 valence electrons. The maximum Gasteiger partial charge on any atom is 0.265 e. The number of halogens is 2. The van der Waals surface area contributed by atoms with Gasteiger partial charge in [-0.1, -0.05) is 0 Å². The first kappa shape index (κ1) is 15.7. The van der Waals surface area contributed by atoms with Crippen molar-refractivity contribution in [1.82, 2.24) is 4.90 Å². The van der Waals surface area contributed by atoms with E-state index in [1.807, 2.05) is 7.05 Å². The Morgan fingerprint density at radius 3 is 2.74 bits per heavy atom. The maximum absolute atomic E-state index is 12.8. The second-order valence-corrected chi connectivity index (χ2v) is 4.37. The third kappa shape index (κ3) is 5.40. The number of nitrogens with two attached hydrogens (primary N) is 1. The Balaban J connectivity index is 2.49. The molecule has 0 aliphatic rings. The van der Waals surface area contributed by atoms with Crippen molar-refractivity contribution in [3.63, 3.8) is 0 Å². The zero-order chi connectivity index (χ0) is 14.3. The molecule has 0 unspecified atom stereocenters. The Hall–Kier alpha value is -1.40. The molecule has 0 bridgehead atoms. The SMILES string of the molecule is COCCN(C)CCNc1ccc(N)cc1C(F)F. The molecule has 6 heteroatoms. The summed E-state index contributed by atoms with van der Waals surface area (Å²) in [6, 6.07) is 4.51. The summed E-state index contributed by atoms with van der Waals surface area (Å²) in [6.45, 7) is 2.79. The molecule has 19 heavy (non-hydrogen) atoms. The van der Waals surface area contributed by atoms with E-state index >= 15 is 0 Å². The number of nitrogens with one attached hydrogen (secondary N) is 1. The van der Waals surface area contributed by atoms with Crippen molar-refractivity contribution < 1.29 is 13.5 Å². The Kier molecular flexibility index (Phi) is 6.52. The number of benzene rings is 1. The predicted octanol–water partition coefficient (Wildman–Crippen LogP) is 2.20. The molecule has 0 saturated heterocycles. The van der Waals surface area contributed by atoms with E-state index in [4.69, 9.17) is 10.5 Å². The van der Waals surface area contributed by atoms with Crippen LogP contribution in [0.3, 0.4) is 0 Å². The molecule has 0 heterocycles. The predicted molar refractivity (Wildman–Crippen MR) is 73.7 cm³/mol. The van der Waals surface area contributed by atoms with Crippen LogP contribution in [0.1, 0.15) is 12.0 Å². The molecular formula is C13H21F2N3O. The van der Waals surface area contributed by atoms with Gasteiger partial charge in [0.2, 0.25) is 0 Å². The number of hydrogen-bond acceptors (Lipinski definition) is 4. The topological polar surface area (TPSA) is 50.5 Å². The first-order chi connectivity index (χ1) is 9.04. The average Bonchev–Trinajstić information content (AvgIpc) is 2.37. The fraction of sp³-hybridized carbons (Fsp3) is 0.538. The Labute approximate surface area is 112 Å². The van der Waals surface area contributed by atoms with E-state index in [1.165, 1.54) is 6.07 Å². The van der Waals surface area contributed by atoms with Crippen molar-refractivity contribution in [2.45, 2.75) is 6.43 Å². The molecule has 0 spiro atoms. The standard InChI is InChI=1S/C13H21F2N3O/c1-18(7-8-19-2)6-5-17-12-4-3-10(16)9-11(12)13(14)15/h3-4,9,13,17H,5-8,16H2,1-2H3. The van der Waals surface area contributed by atoms with Crippen LogP contribution in [0, 0.1) is 0 Å². The lowest BCUT2D eigenvalue weighted by Gasteiger charge is -2.18. The van der Waals surface area contributed by atoms with Gasteiger partial charge in [0, 0.05) is 43.7 Å². The molecular weight excluding hydrogens is 252 g/mol. The van der Waals surface area contributed by atoms with E-state index in [0.29, 0.717) is 24.5 Å². The van der Waals surface area contributed by atoms with Crippen LogP contribution in [0.5, 0.6) is 0 Å². The summed E-state index contributed by atoms with van der Waals surface area (Å²) in [5.74, 6) is 0. The van der Waals surface area contributed by atoms with Crippen LogP contribution in [-0.2, 0) is 4.74 Å². The van der Waals surface area contributed by atoms with Crippen molar-refractivity contribution in [3.05, 3.63) is 23.8 Å². The van der Waals surface area contributed by atoms with Crippen LogP contribution in [0.2, 0.25) is 0 Å². The summed E-state index contributed by atoms with van der Waals surface area (Å²) >= 11 is 0. The monoisotopic (exact) mass is 273 g/mol. The number of methoxy groups -OCH3 is 1. The lowest BCUT2D eigenvalue weighted by molar-refractivity contribution is 0.152. The smallest absolute Gasteiger partial charge is 0.265 e. The Morgan fingerprint density at radius 2 is 2.11 bits per heavy atom. The van der Waals surface area contributed by atoms with Gasteiger partial charge >= 0.3 is 0 Å². The van der Waals surface area contributed by atoms with Gasteiger partial charge in [-0.2, -0.15) is 0 Å². The summed E-state index contributed by atoms with van der Waals surface area (Å²) < 4.78 is 30.6. The number of nitrogens with zero attached hydrogens (tertiary/aromatic N) is 1. The molecule has 0 amide bonds. The molecule has 0 aliphatic heterocycles. The highest BCUT2D eigenvalue weighted by Gasteiger charge is 2.13. The first-order valence-corrected chi connectivity index (χ1v) is 6.13. The fourth-order valence-electron chi connectivity index (χ4n) is 1.66. The lowest BCUT2D eigenvalue weighted by atomic mass is 10.1. The van der Waals surface area contributed by atoms with Gasteiger partial charge in [0.05, 0.1) is 6.61 Å². The quantitative estimate of drug-likeness (QED) is 0.713. The molecule has 0 aliphatic carbocycles. The second kappa shape index (κ2) is 7.91. The average molecular weight is 273 g/mol. The molecule has 0 saturated carbocycles. The number of anilines is 2. The summed E-state index contributed by atoms with van der Waals surface area (Å²) in [5, 5.41) is 3.01. The van der Waals surface area contributed by atoms with Crippen LogP contribution >= 0.6 is 0 Å². The molecule has 4 nitrogen and oxygen atoms in total. The number of rotatable bonds is 8. The summed E-state index contributed by atoms with van der Waals surface area (Å²) in [7, 11) is 3.60. The van der Waals surface area contributed by atoms with Crippen LogP contribution in [0.4, 0.5) is 20.2 Å². The van der Waals surface area contributed by atoms with Crippen LogP contribution in [0.25, 0.3) is 0 Å². The van der Waals surface area contributed by atoms with Gasteiger partial charge in [0.15, 0.2) is 0 Å². The zero-order valence-corrected chi connectivity index (χ0v) is 11.3. The van der Waals surface area contributed by atoms with Crippen molar-refractivity contribution in [2.24, 2.45) is 0 Å². The fourth-order valence-corrected chi connectivity index (χ4v) is 1.66. The van der Waals surface area contributed by atoms with E-state index in [2.05, 4.69) is 10.2 Å². The largest absolute Gasteiger partial charge is 0.399 e. The molecule has 0 radical (unpaired) electrons. The minimum absolute atomic E-state index is 0.0560. The number of ether oxygens (including phenoxy) is 1. The van der Waals surface area contributed by atoms with Gasteiger partial charge in [-0.3, -0.25) is 0 Å². The van der Waals surface area contributed by atoms with Gasteiger partial charge in [-0.25, -0.2) is 8.78 Å². The Bertz CT molecular complexity index is 388. The van der Waals surface area contributed by atoms with Crippen molar-refractivity contribution in [2.75, 3.05) is 51.4 Å². The van der Waals surface area contributed by atoms with Crippen LogP contribution < -0.4 is 11.1 Å². The highest BCUT2D eigenvalue weighted by Crippen LogP contribution is 2.28. The van der Waals surface area contributed by atoms with Gasteiger partial charge in [0.25, 0.3) is 6.43 Å². The van der Waals surface area contributed by atoms with E-state index in [0.717, 1.165) is 13.1 Å². The molecule has 3 N–H and O–H groups in total. The lowest BCUT2D eigenvalue weighted by Crippen LogP contribution is -2.28. The molecule has 0 atom stereocenters. The highest BCUT2D eigenvalue weighted by atomic mass is 19.3. The van der Waals surface area contributed by atoms with Crippen molar-refractivity contribution >= 4 is 11.4 Å². The van der Waals surface area contributed by atoms with Gasteiger partial charge in [-0.05, 0) is 25.2 Å². The van der Waals surface area contributed by atoms with Crippen LogP contribution in [0.15, 0.2) is 18.2 Å². The van der Waals surface area contributed by atoms with E-state index < -0.39 is 6.43 Å². The number of alkyl halides is 2. The van der Waals surface area contributed by atoms with Gasteiger partial charge in [-0.15, -0.1) is 0 Å². The zero-order valence-electron chi connectivity index (χ0n) is 11.3. The summed E-state index contributed by atoms with van der Waals surface area (Å²) in [4.78, 5) is 2.07. The molecule has 1 aromatic carbocycles. The van der Waals surface area contributed by atoms with E-state index in [-0.39, 0.29) is 5.56 Å². The molecule has 1 rings (SSSR count). The number of nitrogen functional groups attached to an aromatic ring is 1. The van der Waals surface area contributed by atoms with Gasteiger partial charge in [0.1, 0.15) is 0 Å². The number of hydrogen-bond donors (Lipinski definition) is 2. The van der Waals surface area contributed by atoms with Gasteiger partial charge < -0.3 is 20.7 Å². The third-order valence-corrected chi connectivity index (χ3v) is 2.80. The van der Waals surface area contributed by atoms with Crippen molar-refractivity contribution in [3.8, 4) is 0 Å². The number of likely N-dealkylation sites (N-methyl/N-ethyl adjacent to an activating group) is 1. The van der Waals surface area contributed by atoms with Crippen LogP contribution in [-0.4, -0.2) is 45.3 Å². The maximum atomic E-state index is 12.8. The molecule has 0 aromatic heterocycles. The first-order valence-electron chi connectivity index (χ1n) is 6.13. The summed E-state index contributed by atoms with van der Waals surface area (Å²) in [6.07, 6.45) is -2.53.